The Labute approximate surface area is 146 Å². The van der Waals surface area contributed by atoms with Crippen LogP contribution < -0.4 is 42.4 Å². The van der Waals surface area contributed by atoms with E-state index < -0.39 is 0 Å². The number of hydrogen-bond acceptors (Lipinski definition) is 0. The molecule has 2 aliphatic rings. The molecule has 0 spiro atoms. The molecule has 2 heteroatoms. The van der Waals surface area contributed by atoms with Gasteiger partial charge in [-0.15, -0.1) is 0 Å². The topological polar surface area (TPSA) is 0 Å². The van der Waals surface area contributed by atoms with Crippen molar-refractivity contribution < 1.29 is 42.4 Å². The largest absolute Gasteiger partial charge is 0.358 e. The molecule has 0 saturated heterocycles. The summed E-state index contributed by atoms with van der Waals surface area (Å²) < 4.78 is 6.82. The maximum absolute atomic E-state index is 2.47. The first-order valence-electron chi connectivity index (χ1n) is 7.22. The van der Waals surface area contributed by atoms with E-state index in [1.54, 1.807) is 7.14 Å². The number of allylic oxidation sites excluding steroid dienone is 4. The Balaban J connectivity index is 1.64. The molecule has 2 bridgehead atoms. The minimum absolute atomic E-state index is 0.0244. The molecule has 0 fully saturated rings. The van der Waals surface area contributed by atoms with E-state index in [1.165, 1.54) is 6.42 Å². The molecule has 0 heterocycles. The smallest absolute Gasteiger partial charge is 0.0761 e. The van der Waals surface area contributed by atoms with Crippen LogP contribution in [0.4, 0.5) is 0 Å². The predicted molar refractivity (Wildman–Crippen MR) is 78.0 cm³/mol. The lowest BCUT2D eigenvalue weighted by molar-refractivity contribution is -0.622. The van der Waals surface area contributed by atoms with Crippen LogP contribution in [0, 0.1) is 19.0 Å². The van der Waals surface area contributed by atoms with Crippen molar-refractivity contribution in [2.24, 2.45) is 11.8 Å². The Morgan fingerprint density at radius 1 is 0.619 bits per heavy atom. The molecule has 0 N–H and O–H groups in total. The van der Waals surface area contributed by atoms with Crippen LogP contribution in [0.25, 0.3) is 0 Å². The van der Waals surface area contributed by atoms with Gasteiger partial charge in [0.1, 0.15) is 0 Å². The summed E-state index contributed by atoms with van der Waals surface area (Å²) in [5, 5.41) is 0. The van der Waals surface area contributed by atoms with E-state index in [1.807, 2.05) is 7.16 Å². The lowest BCUT2D eigenvalue weighted by Gasteiger charge is -1.98. The summed E-state index contributed by atoms with van der Waals surface area (Å²) in [7, 11) is 0. The fraction of sp³-hybridized carbons (Fsp3) is 0.158. The SMILES string of the molecule is C1=C[C@H]2C[C@@H]1C([I+]c1ccccc1)=C2[I+]c1ccccc1. The standard InChI is InChI=1S/C19H16I2/c1-3-7-16(8-4-1)20-18-14-11-12-15(13-14)19(18)21-17-9-5-2-6-10-17/h1-12,14-15H,13H2/q+2/t14-,15+. The van der Waals surface area contributed by atoms with Crippen molar-refractivity contribution in [3.05, 3.63) is 87.1 Å². The van der Waals surface area contributed by atoms with Crippen LogP contribution >= 0.6 is 0 Å². The summed E-state index contributed by atoms with van der Waals surface area (Å²) in [6.07, 6.45) is 6.31. The zero-order valence-corrected chi connectivity index (χ0v) is 15.9. The molecular weight excluding hydrogens is 482 g/mol. The van der Waals surface area contributed by atoms with Crippen LogP contribution in [-0.2, 0) is 0 Å². The Kier molecular flexibility index (Phi) is 4.16. The second-order valence-electron chi connectivity index (χ2n) is 5.31. The summed E-state index contributed by atoms with van der Waals surface area (Å²) in [5.74, 6) is 1.53. The molecule has 4 rings (SSSR count). The summed E-state index contributed by atoms with van der Waals surface area (Å²) in [6.45, 7) is 0. The highest BCUT2D eigenvalue weighted by molar-refractivity contribution is 5.29. The van der Waals surface area contributed by atoms with Gasteiger partial charge in [-0.1, -0.05) is 48.6 Å². The third kappa shape index (κ3) is 2.97. The zero-order chi connectivity index (χ0) is 14.1. The monoisotopic (exact) mass is 498 g/mol. The second kappa shape index (κ2) is 6.24. The number of halogens is 2. The highest BCUT2D eigenvalue weighted by Gasteiger charge is 2.50. The molecule has 104 valence electrons. The maximum atomic E-state index is 2.47. The summed E-state index contributed by atoms with van der Waals surface area (Å²) >= 11 is 0.0488. The fourth-order valence-corrected chi connectivity index (χ4v) is 10.1. The van der Waals surface area contributed by atoms with Gasteiger partial charge >= 0.3 is 42.4 Å². The van der Waals surface area contributed by atoms with Gasteiger partial charge in [0.15, 0.2) is 7.14 Å². The van der Waals surface area contributed by atoms with Gasteiger partial charge in [-0.05, 0) is 30.7 Å². The van der Waals surface area contributed by atoms with E-state index in [0.29, 0.717) is 0 Å². The predicted octanol–water partition coefficient (Wildman–Crippen LogP) is -1.68. The van der Waals surface area contributed by atoms with E-state index in [0.717, 1.165) is 11.8 Å². The third-order valence-corrected chi connectivity index (χ3v) is 11.5. The number of hydrogen-bond donors (Lipinski definition) is 0. The van der Waals surface area contributed by atoms with Crippen LogP contribution in [-0.4, -0.2) is 0 Å². The molecule has 0 aromatic heterocycles. The Morgan fingerprint density at radius 3 is 1.48 bits per heavy atom. The lowest BCUT2D eigenvalue weighted by atomic mass is 10.2. The van der Waals surface area contributed by atoms with E-state index in [2.05, 4.69) is 72.8 Å². The molecule has 2 atom stereocenters. The van der Waals surface area contributed by atoms with Gasteiger partial charge in [-0.2, -0.15) is 0 Å². The van der Waals surface area contributed by atoms with Gasteiger partial charge < -0.3 is 0 Å². The fourth-order valence-electron chi connectivity index (χ4n) is 2.85. The van der Waals surface area contributed by atoms with Gasteiger partial charge in [-0.25, -0.2) is 0 Å². The Hall–Kier alpha value is -0.620. The van der Waals surface area contributed by atoms with E-state index in [-0.39, 0.29) is 42.4 Å². The van der Waals surface area contributed by atoms with Crippen molar-refractivity contribution in [3.8, 4) is 0 Å². The van der Waals surface area contributed by atoms with Crippen LogP contribution in [0.2, 0.25) is 0 Å². The van der Waals surface area contributed by atoms with Gasteiger partial charge in [-0.3, -0.25) is 0 Å². The van der Waals surface area contributed by atoms with E-state index in [4.69, 9.17) is 0 Å². The number of fused-ring (bicyclic) bond motifs is 2. The average Bonchev–Trinajstić information content (AvgIpc) is 3.13. The lowest BCUT2D eigenvalue weighted by Crippen LogP contribution is -3.66. The van der Waals surface area contributed by atoms with E-state index in [9.17, 15) is 0 Å². The van der Waals surface area contributed by atoms with Crippen LogP contribution in [0.15, 0.2) is 80.0 Å². The minimum Gasteiger partial charge on any atom is -0.0761 e. The molecule has 2 aliphatic carbocycles. The van der Waals surface area contributed by atoms with Gasteiger partial charge in [0.25, 0.3) is 0 Å². The molecule has 0 unspecified atom stereocenters. The summed E-state index contributed by atoms with van der Waals surface area (Å²) in [5.41, 5.74) is 0. The number of rotatable bonds is 4. The van der Waals surface area contributed by atoms with E-state index >= 15 is 0 Å². The molecule has 0 radical (unpaired) electrons. The third-order valence-electron chi connectivity index (χ3n) is 3.85. The number of benzene rings is 2. The first kappa shape index (κ1) is 14.0. The van der Waals surface area contributed by atoms with Crippen LogP contribution in [0.5, 0.6) is 0 Å². The van der Waals surface area contributed by atoms with Crippen molar-refractivity contribution >= 4 is 0 Å². The average molecular weight is 498 g/mol. The first-order chi connectivity index (χ1) is 10.4. The molecule has 0 amide bonds. The second-order valence-corrected chi connectivity index (χ2v) is 11.2. The zero-order valence-electron chi connectivity index (χ0n) is 11.5. The van der Waals surface area contributed by atoms with Gasteiger partial charge in [0.05, 0.1) is 11.8 Å². The first-order valence-corrected chi connectivity index (χ1v) is 11.5. The van der Waals surface area contributed by atoms with Crippen molar-refractivity contribution in [2.45, 2.75) is 6.42 Å². The molecular formula is C19H16I2+2. The molecule has 2 aromatic carbocycles. The summed E-state index contributed by atoms with van der Waals surface area (Å²) in [6, 6.07) is 22.2. The van der Waals surface area contributed by atoms with Crippen LogP contribution in [0.1, 0.15) is 6.42 Å². The van der Waals surface area contributed by atoms with Crippen molar-refractivity contribution in [2.75, 3.05) is 0 Å². The Bertz CT molecular complexity index is 627. The maximum Gasteiger partial charge on any atom is 0.358 e. The molecule has 2 aromatic rings. The highest BCUT2D eigenvalue weighted by Crippen LogP contribution is 2.36. The van der Waals surface area contributed by atoms with Gasteiger partial charge in [0, 0.05) is 0 Å². The normalized spacial score (nSPS) is 23.0. The van der Waals surface area contributed by atoms with Crippen molar-refractivity contribution in [1.29, 1.82) is 0 Å². The highest BCUT2D eigenvalue weighted by atomic mass is 127. The molecule has 0 aliphatic heterocycles. The Morgan fingerprint density at radius 2 is 1.05 bits per heavy atom. The molecule has 21 heavy (non-hydrogen) atoms. The quantitative estimate of drug-likeness (QED) is 0.350. The van der Waals surface area contributed by atoms with Crippen molar-refractivity contribution in [3.63, 3.8) is 0 Å². The minimum atomic E-state index is 0.0244. The summed E-state index contributed by atoms with van der Waals surface area (Å²) in [4.78, 5) is 0. The van der Waals surface area contributed by atoms with Gasteiger partial charge in [0.2, 0.25) is 7.16 Å². The molecule has 0 nitrogen and oxygen atoms in total. The molecule has 0 saturated carbocycles. The van der Waals surface area contributed by atoms with Crippen LogP contribution in [0.3, 0.4) is 0 Å². The van der Waals surface area contributed by atoms with Crippen molar-refractivity contribution in [1.82, 2.24) is 0 Å².